The largest absolute Gasteiger partial charge is 0.349 e. The zero-order valence-electron chi connectivity index (χ0n) is 8.78. The third-order valence-corrected chi connectivity index (χ3v) is 4.24. The van der Waals surface area contributed by atoms with Crippen LogP contribution in [-0.2, 0) is 0 Å². The van der Waals surface area contributed by atoms with Gasteiger partial charge in [-0.15, -0.1) is 0 Å². The Hall–Kier alpha value is -0.550. The highest BCUT2D eigenvalue weighted by Gasteiger charge is 2.18. The highest BCUT2D eigenvalue weighted by atomic mass is 79.9. The first-order chi connectivity index (χ1) is 7.77. The molecule has 1 aromatic heterocycles. The molecule has 1 saturated heterocycles. The molecule has 86 valence electrons. The summed E-state index contributed by atoms with van der Waals surface area (Å²) < 4.78 is 0.609. The lowest BCUT2D eigenvalue weighted by Crippen LogP contribution is -2.37. The monoisotopic (exact) mass is 300 g/mol. The van der Waals surface area contributed by atoms with Crippen molar-refractivity contribution in [3.8, 4) is 0 Å². The summed E-state index contributed by atoms with van der Waals surface area (Å²) in [6, 6.07) is 3.88. The van der Waals surface area contributed by atoms with Crippen molar-refractivity contribution in [3.63, 3.8) is 0 Å². The fourth-order valence-corrected chi connectivity index (χ4v) is 3.20. The fraction of sp³-hybridized carbons (Fsp3) is 0.455. The van der Waals surface area contributed by atoms with E-state index in [-0.39, 0.29) is 5.91 Å². The third-order valence-electron chi connectivity index (χ3n) is 2.56. The predicted molar refractivity (Wildman–Crippen MR) is 69.8 cm³/mol. The second kappa shape index (κ2) is 5.68. The molecule has 1 aliphatic heterocycles. The summed E-state index contributed by atoms with van der Waals surface area (Å²) >= 11 is 5.24. The van der Waals surface area contributed by atoms with E-state index in [1.54, 1.807) is 18.3 Å². The summed E-state index contributed by atoms with van der Waals surface area (Å²) in [5.74, 6) is 2.25. The van der Waals surface area contributed by atoms with Crippen LogP contribution in [0, 0.1) is 0 Å². The molecular weight excluding hydrogens is 288 g/mol. The molecule has 16 heavy (non-hydrogen) atoms. The van der Waals surface area contributed by atoms with Crippen LogP contribution in [0.4, 0.5) is 0 Å². The third kappa shape index (κ3) is 2.98. The van der Waals surface area contributed by atoms with Gasteiger partial charge in [0.05, 0.1) is 5.56 Å². The summed E-state index contributed by atoms with van der Waals surface area (Å²) in [5.41, 5.74) is 0.612. The maximum atomic E-state index is 11.9. The quantitative estimate of drug-likeness (QED) is 0.853. The Labute approximate surface area is 108 Å². The fourth-order valence-electron chi connectivity index (χ4n) is 1.66. The number of pyridine rings is 1. The number of hydrogen-bond acceptors (Lipinski definition) is 3. The van der Waals surface area contributed by atoms with E-state index >= 15 is 0 Å². The van der Waals surface area contributed by atoms with Gasteiger partial charge in [0.15, 0.2) is 0 Å². The summed E-state index contributed by atoms with van der Waals surface area (Å²) in [5, 5.41) is 3.05. The number of nitrogens with one attached hydrogen (secondary N) is 1. The number of hydrogen-bond donors (Lipinski definition) is 1. The molecule has 1 aromatic rings. The average Bonchev–Trinajstić information content (AvgIpc) is 2.31. The summed E-state index contributed by atoms with van der Waals surface area (Å²) in [6.45, 7) is 0. The Bertz CT molecular complexity index is 380. The van der Waals surface area contributed by atoms with E-state index in [0.29, 0.717) is 16.2 Å². The van der Waals surface area contributed by atoms with Gasteiger partial charge in [0.1, 0.15) is 4.60 Å². The van der Waals surface area contributed by atoms with Crippen LogP contribution in [0.5, 0.6) is 0 Å². The number of thioether (sulfide) groups is 1. The van der Waals surface area contributed by atoms with Gasteiger partial charge in [-0.1, -0.05) is 0 Å². The number of halogens is 1. The summed E-state index contributed by atoms with van der Waals surface area (Å²) in [6.07, 6.45) is 3.79. The lowest BCUT2D eigenvalue weighted by atomic mass is 10.1. The Balaban J connectivity index is 2.00. The molecule has 1 aliphatic rings. The molecule has 1 amide bonds. The molecule has 2 rings (SSSR count). The van der Waals surface area contributed by atoms with Gasteiger partial charge in [0.2, 0.25) is 0 Å². The molecule has 0 aromatic carbocycles. The molecule has 0 aliphatic carbocycles. The van der Waals surface area contributed by atoms with Gasteiger partial charge in [0.25, 0.3) is 5.91 Å². The van der Waals surface area contributed by atoms with E-state index in [4.69, 9.17) is 0 Å². The Morgan fingerprint density at radius 2 is 2.25 bits per heavy atom. The number of carbonyl (C=O) groups excluding carboxylic acids is 1. The van der Waals surface area contributed by atoms with E-state index in [0.717, 1.165) is 24.3 Å². The van der Waals surface area contributed by atoms with E-state index in [2.05, 4.69) is 26.2 Å². The van der Waals surface area contributed by atoms with Gasteiger partial charge in [-0.05, 0) is 52.4 Å². The minimum Gasteiger partial charge on any atom is -0.349 e. The van der Waals surface area contributed by atoms with Crippen LogP contribution in [0.15, 0.2) is 22.9 Å². The number of amides is 1. The Kier molecular flexibility index (Phi) is 4.23. The van der Waals surface area contributed by atoms with Crippen molar-refractivity contribution in [3.05, 3.63) is 28.5 Å². The molecule has 1 fully saturated rings. The topological polar surface area (TPSA) is 42.0 Å². The zero-order chi connectivity index (χ0) is 11.4. The second-order valence-electron chi connectivity index (χ2n) is 3.70. The molecular formula is C11H13BrN2OS. The maximum Gasteiger partial charge on any atom is 0.254 e. The minimum absolute atomic E-state index is 0.0307. The van der Waals surface area contributed by atoms with Crippen molar-refractivity contribution in [2.75, 3.05) is 11.5 Å². The van der Waals surface area contributed by atoms with Crippen LogP contribution in [-0.4, -0.2) is 28.4 Å². The standard InChI is InChI=1S/C11H13BrN2OS/c12-10-9(2-1-5-13-10)11(15)14-8-3-6-16-7-4-8/h1-2,5,8H,3-4,6-7H2,(H,14,15). The SMILES string of the molecule is O=C(NC1CCSCC1)c1cccnc1Br. The van der Waals surface area contributed by atoms with E-state index in [1.165, 1.54) is 0 Å². The molecule has 0 bridgehead atoms. The Morgan fingerprint density at radius 1 is 1.50 bits per heavy atom. The lowest BCUT2D eigenvalue weighted by Gasteiger charge is -2.22. The van der Waals surface area contributed by atoms with Crippen LogP contribution in [0.1, 0.15) is 23.2 Å². The van der Waals surface area contributed by atoms with E-state index in [1.807, 2.05) is 11.8 Å². The van der Waals surface area contributed by atoms with Crippen molar-refractivity contribution >= 4 is 33.6 Å². The number of rotatable bonds is 2. The molecule has 0 radical (unpaired) electrons. The first-order valence-corrected chi connectivity index (χ1v) is 7.21. The zero-order valence-corrected chi connectivity index (χ0v) is 11.2. The second-order valence-corrected chi connectivity index (χ2v) is 5.68. The number of carbonyl (C=O) groups is 1. The molecule has 0 saturated carbocycles. The lowest BCUT2D eigenvalue weighted by molar-refractivity contribution is 0.0933. The molecule has 2 heterocycles. The van der Waals surface area contributed by atoms with Crippen LogP contribution >= 0.6 is 27.7 Å². The average molecular weight is 301 g/mol. The highest BCUT2D eigenvalue weighted by Crippen LogP contribution is 2.18. The molecule has 0 atom stereocenters. The summed E-state index contributed by atoms with van der Waals surface area (Å²) in [4.78, 5) is 16.0. The maximum absolute atomic E-state index is 11.9. The highest BCUT2D eigenvalue weighted by molar-refractivity contribution is 9.10. The minimum atomic E-state index is -0.0307. The van der Waals surface area contributed by atoms with Crippen molar-refractivity contribution in [2.24, 2.45) is 0 Å². The van der Waals surface area contributed by atoms with Crippen molar-refractivity contribution in [1.82, 2.24) is 10.3 Å². The normalized spacial score (nSPS) is 17.1. The molecule has 0 unspecified atom stereocenters. The van der Waals surface area contributed by atoms with Gasteiger partial charge in [-0.3, -0.25) is 4.79 Å². The van der Waals surface area contributed by atoms with Gasteiger partial charge < -0.3 is 5.32 Å². The van der Waals surface area contributed by atoms with Gasteiger partial charge in [0, 0.05) is 12.2 Å². The predicted octanol–water partition coefficient (Wildman–Crippen LogP) is 2.47. The molecule has 0 spiro atoms. The summed E-state index contributed by atoms with van der Waals surface area (Å²) in [7, 11) is 0. The van der Waals surface area contributed by atoms with Crippen LogP contribution in [0.3, 0.4) is 0 Å². The number of nitrogens with zero attached hydrogens (tertiary/aromatic N) is 1. The smallest absolute Gasteiger partial charge is 0.254 e. The number of aromatic nitrogens is 1. The molecule has 3 nitrogen and oxygen atoms in total. The van der Waals surface area contributed by atoms with E-state index < -0.39 is 0 Å². The van der Waals surface area contributed by atoms with Crippen LogP contribution in [0.2, 0.25) is 0 Å². The van der Waals surface area contributed by atoms with Gasteiger partial charge in [-0.2, -0.15) is 11.8 Å². The van der Waals surface area contributed by atoms with Crippen LogP contribution in [0.25, 0.3) is 0 Å². The van der Waals surface area contributed by atoms with E-state index in [9.17, 15) is 4.79 Å². The Morgan fingerprint density at radius 3 is 2.94 bits per heavy atom. The van der Waals surface area contributed by atoms with Crippen molar-refractivity contribution in [2.45, 2.75) is 18.9 Å². The van der Waals surface area contributed by atoms with Gasteiger partial charge >= 0.3 is 0 Å². The van der Waals surface area contributed by atoms with Crippen LogP contribution < -0.4 is 5.32 Å². The molecule has 5 heteroatoms. The van der Waals surface area contributed by atoms with Crippen molar-refractivity contribution < 1.29 is 4.79 Å². The first kappa shape index (κ1) is 11.9. The van der Waals surface area contributed by atoms with Crippen molar-refractivity contribution in [1.29, 1.82) is 0 Å². The first-order valence-electron chi connectivity index (χ1n) is 5.26. The molecule has 1 N–H and O–H groups in total. The van der Waals surface area contributed by atoms with Gasteiger partial charge in [-0.25, -0.2) is 4.98 Å².